The zero-order valence-corrected chi connectivity index (χ0v) is 21.5. The lowest BCUT2D eigenvalue weighted by molar-refractivity contribution is -0.143. The van der Waals surface area contributed by atoms with Crippen LogP contribution in [0.4, 0.5) is 0 Å². The first-order chi connectivity index (χ1) is 17.4. The molecule has 10 nitrogen and oxygen atoms in total. The van der Waals surface area contributed by atoms with E-state index in [0.717, 1.165) is 9.80 Å². The van der Waals surface area contributed by atoms with Crippen LogP contribution in [0.1, 0.15) is 30.7 Å². The number of methoxy groups -OCH3 is 1. The minimum absolute atomic E-state index is 0.117. The highest BCUT2D eigenvalue weighted by molar-refractivity contribution is 6.53. The summed E-state index contributed by atoms with van der Waals surface area (Å²) in [5, 5.41) is 20.1. The van der Waals surface area contributed by atoms with Crippen LogP contribution in [0, 0.1) is 17.8 Å². The number of allylic oxidation sites excluding steroid dienone is 2. The molecular formula is C25H24Cl2N2O8. The van der Waals surface area contributed by atoms with E-state index in [4.69, 9.17) is 33.0 Å². The Morgan fingerprint density at radius 3 is 2.49 bits per heavy atom. The summed E-state index contributed by atoms with van der Waals surface area (Å²) in [5.74, 6) is -7.36. The Bertz CT molecular complexity index is 1300. The second-order valence-electron chi connectivity index (χ2n) is 9.87. The average Bonchev–Trinajstić information content (AvgIpc) is 3.18. The first-order valence-electron chi connectivity index (χ1n) is 11.7. The van der Waals surface area contributed by atoms with E-state index in [0.29, 0.717) is 5.57 Å². The van der Waals surface area contributed by atoms with Crippen molar-refractivity contribution in [2.45, 2.75) is 34.9 Å². The van der Waals surface area contributed by atoms with E-state index in [1.807, 2.05) is 0 Å². The van der Waals surface area contributed by atoms with Gasteiger partial charge in [-0.3, -0.25) is 33.8 Å². The number of carbonyl (C=O) groups excluding carboxylic acids is 4. The Kier molecular flexibility index (Phi) is 5.84. The molecule has 1 aromatic rings. The van der Waals surface area contributed by atoms with E-state index in [-0.39, 0.29) is 36.4 Å². The van der Waals surface area contributed by atoms with Crippen LogP contribution in [0.3, 0.4) is 0 Å². The van der Waals surface area contributed by atoms with Gasteiger partial charge in [0.15, 0.2) is 21.2 Å². The number of hydrogen-bond donors (Lipinski definition) is 2. The number of carboxylic acids is 1. The molecular weight excluding hydrogens is 527 g/mol. The number of ether oxygens (including phenoxy) is 1. The van der Waals surface area contributed by atoms with Crippen molar-refractivity contribution < 1.29 is 38.9 Å². The molecule has 0 radical (unpaired) electrons. The number of alkyl halides is 2. The summed E-state index contributed by atoms with van der Waals surface area (Å²) >= 11 is 14.1. The SMILES string of the molecule is COc1cccc([C@H]2C3=CC[C@@H]4C(=O)N(CCC(=O)O)C(=O)[C@@H]4[C@@H]3C[C@@]3(Cl)C(=O)N(C)C(=O)[C@@]23Cl)c1O. The van der Waals surface area contributed by atoms with Gasteiger partial charge in [0.1, 0.15) is 0 Å². The summed E-state index contributed by atoms with van der Waals surface area (Å²) in [6.45, 7) is -0.270. The zero-order valence-electron chi connectivity index (χ0n) is 19.9. The molecule has 2 saturated heterocycles. The highest BCUT2D eigenvalue weighted by atomic mass is 35.5. The number of para-hydroxylation sites is 1. The minimum atomic E-state index is -2.02. The Balaban J connectivity index is 1.69. The van der Waals surface area contributed by atoms with Gasteiger partial charge in [0.2, 0.25) is 11.8 Å². The van der Waals surface area contributed by atoms with Crippen molar-refractivity contribution in [2.75, 3.05) is 20.7 Å². The summed E-state index contributed by atoms with van der Waals surface area (Å²) in [7, 11) is 2.64. The van der Waals surface area contributed by atoms with Gasteiger partial charge in [0.05, 0.1) is 25.4 Å². The van der Waals surface area contributed by atoms with Crippen LogP contribution in [0.5, 0.6) is 11.5 Å². The zero-order chi connectivity index (χ0) is 27.0. The Labute approximate surface area is 221 Å². The van der Waals surface area contributed by atoms with E-state index in [1.165, 1.54) is 20.2 Å². The Morgan fingerprint density at radius 1 is 1.14 bits per heavy atom. The molecule has 12 heteroatoms. The van der Waals surface area contributed by atoms with E-state index in [1.54, 1.807) is 18.2 Å². The third-order valence-electron chi connectivity index (χ3n) is 8.22. The van der Waals surface area contributed by atoms with Crippen LogP contribution in [0.25, 0.3) is 0 Å². The maximum Gasteiger partial charge on any atom is 0.305 e. The van der Waals surface area contributed by atoms with Crippen LogP contribution in [0.15, 0.2) is 29.8 Å². The number of likely N-dealkylation sites (tertiary alicyclic amines) is 2. The fourth-order valence-corrected chi connectivity index (χ4v) is 7.53. The molecule has 0 bridgehead atoms. The number of imide groups is 2. The summed E-state index contributed by atoms with van der Waals surface area (Å²) in [4.78, 5) is 62.4. The molecule has 0 aromatic heterocycles. The first kappa shape index (κ1) is 25.5. The van der Waals surface area contributed by atoms with Crippen molar-refractivity contribution in [3.8, 4) is 11.5 Å². The molecule has 4 amide bonds. The number of halogens is 2. The van der Waals surface area contributed by atoms with Crippen LogP contribution in [0.2, 0.25) is 0 Å². The molecule has 2 aliphatic carbocycles. The Morgan fingerprint density at radius 2 is 1.84 bits per heavy atom. The van der Waals surface area contributed by atoms with Crippen molar-refractivity contribution >= 4 is 52.8 Å². The maximum absolute atomic E-state index is 13.5. The molecule has 0 unspecified atom stereocenters. The second-order valence-corrected chi connectivity index (χ2v) is 11.1. The fraction of sp³-hybridized carbons (Fsp3) is 0.480. The second kappa shape index (κ2) is 8.46. The van der Waals surface area contributed by atoms with Gasteiger partial charge in [-0.1, -0.05) is 23.8 Å². The lowest BCUT2D eigenvalue weighted by atomic mass is 9.56. The van der Waals surface area contributed by atoms with E-state index in [9.17, 15) is 29.1 Å². The number of nitrogens with zero attached hydrogens (tertiary/aromatic N) is 2. The maximum atomic E-state index is 13.5. The fourth-order valence-electron chi connectivity index (χ4n) is 6.52. The third kappa shape index (κ3) is 3.21. The molecule has 6 atom stereocenters. The van der Waals surface area contributed by atoms with Crippen molar-refractivity contribution in [3.05, 3.63) is 35.4 Å². The highest BCUT2D eigenvalue weighted by Crippen LogP contribution is 2.66. The number of benzene rings is 1. The summed E-state index contributed by atoms with van der Waals surface area (Å²) in [6, 6.07) is 4.67. The number of carboxylic acid groups (broad SMARTS) is 1. The molecule has 2 heterocycles. The number of aromatic hydroxyl groups is 1. The molecule has 1 aromatic carbocycles. The van der Waals surface area contributed by atoms with Gasteiger partial charge in [0, 0.05) is 25.1 Å². The summed E-state index contributed by atoms with van der Waals surface area (Å²) in [5.41, 5.74) is 0.721. The van der Waals surface area contributed by atoms with Gasteiger partial charge >= 0.3 is 5.97 Å². The topological polar surface area (TPSA) is 142 Å². The summed E-state index contributed by atoms with van der Waals surface area (Å²) < 4.78 is 5.25. The normalized spacial score (nSPS) is 34.8. The lowest BCUT2D eigenvalue weighted by Crippen LogP contribution is -2.60. The van der Waals surface area contributed by atoms with Gasteiger partial charge < -0.3 is 14.9 Å². The molecule has 196 valence electrons. The van der Waals surface area contributed by atoms with Crippen molar-refractivity contribution in [2.24, 2.45) is 17.8 Å². The number of amides is 4. The van der Waals surface area contributed by atoms with Crippen molar-refractivity contribution in [1.82, 2.24) is 9.80 Å². The number of fused-ring (bicyclic) bond motifs is 4. The standard InChI is InChI=1S/C25H24Cl2N2O8/c1-28-22(35)24(26)10-14-11(6-7-12-17(14)21(34)29(20(12)33)9-8-16(30)31)18(25(24,27)23(28)36)13-4-3-5-15(37-2)19(13)32/h3-6,12,14,17-18,32H,7-10H2,1-2H3,(H,30,31)/t12-,14+,17-,18+,24+,25-/m0/s1. The molecule has 2 aliphatic heterocycles. The third-order valence-corrected chi connectivity index (χ3v) is 9.63. The number of aliphatic carboxylic acids is 1. The quantitative estimate of drug-likeness (QED) is 0.321. The number of rotatable bonds is 5. The number of phenolic OH excluding ortho intramolecular Hbond substituents is 1. The molecule has 1 saturated carbocycles. The molecule has 5 rings (SSSR count). The van der Waals surface area contributed by atoms with Gasteiger partial charge in [-0.05, 0) is 24.8 Å². The lowest BCUT2D eigenvalue weighted by Gasteiger charge is -2.50. The molecule has 3 fully saturated rings. The van der Waals surface area contributed by atoms with Crippen LogP contribution in [-0.2, 0) is 24.0 Å². The van der Waals surface area contributed by atoms with Gasteiger partial charge in [-0.25, -0.2) is 0 Å². The van der Waals surface area contributed by atoms with E-state index in [2.05, 4.69) is 0 Å². The van der Waals surface area contributed by atoms with Gasteiger partial charge in [-0.2, -0.15) is 0 Å². The predicted octanol–water partition coefficient (Wildman–Crippen LogP) is 1.86. The van der Waals surface area contributed by atoms with E-state index < -0.39 is 69.4 Å². The van der Waals surface area contributed by atoms with Crippen molar-refractivity contribution in [1.29, 1.82) is 0 Å². The highest BCUT2D eigenvalue weighted by Gasteiger charge is 2.76. The number of hydrogen-bond acceptors (Lipinski definition) is 7. The minimum Gasteiger partial charge on any atom is -0.504 e. The monoisotopic (exact) mass is 550 g/mol. The van der Waals surface area contributed by atoms with E-state index >= 15 is 0 Å². The smallest absolute Gasteiger partial charge is 0.305 e. The molecule has 37 heavy (non-hydrogen) atoms. The molecule has 2 N–H and O–H groups in total. The van der Waals surface area contributed by atoms with Crippen LogP contribution < -0.4 is 4.74 Å². The predicted molar refractivity (Wildman–Crippen MR) is 129 cm³/mol. The van der Waals surface area contributed by atoms with Crippen LogP contribution >= 0.6 is 23.2 Å². The Hall–Kier alpha value is -3.11. The molecule has 0 spiro atoms. The number of carbonyl (C=O) groups is 5. The first-order valence-corrected chi connectivity index (χ1v) is 12.5. The van der Waals surface area contributed by atoms with Crippen LogP contribution in [-0.4, -0.2) is 80.1 Å². The number of phenols is 1. The van der Waals surface area contributed by atoms with Crippen molar-refractivity contribution in [3.63, 3.8) is 0 Å². The molecule has 4 aliphatic rings. The van der Waals surface area contributed by atoms with Gasteiger partial charge in [0.25, 0.3) is 11.8 Å². The average molecular weight is 551 g/mol. The van der Waals surface area contributed by atoms with Gasteiger partial charge in [-0.15, -0.1) is 23.2 Å². The summed E-state index contributed by atoms with van der Waals surface area (Å²) in [6.07, 6.45) is 1.29. The largest absolute Gasteiger partial charge is 0.504 e.